The number of aldehydes is 1. The van der Waals surface area contributed by atoms with Crippen molar-refractivity contribution in [2.75, 3.05) is 0 Å². The zero-order valence-corrected chi connectivity index (χ0v) is 11.2. The highest BCUT2D eigenvalue weighted by Gasteiger charge is 2.12. The van der Waals surface area contributed by atoms with E-state index in [2.05, 4.69) is 0 Å². The molecular formula is C18H12N2O. The maximum atomic E-state index is 11.3. The van der Waals surface area contributed by atoms with Gasteiger partial charge in [-0.15, -0.1) is 0 Å². The van der Waals surface area contributed by atoms with Crippen molar-refractivity contribution in [3.05, 3.63) is 72.4 Å². The first-order valence-electron chi connectivity index (χ1n) is 6.79. The van der Waals surface area contributed by atoms with Crippen LogP contribution in [-0.4, -0.2) is 15.7 Å². The Balaban J connectivity index is 2.20. The summed E-state index contributed by atoms with van der Waals surface area (Å²) in [5.41, 5.74) is 5.34. The van der Waals surface area contributed by atoms with Crippen LogP contribution in [0, 0.1) is 0 Å². The van der Waals surface area contributed by atoms with E-state index >= 15 is 0 Å². The summed E-state index contributed by atoms with van der Waals surface area (Å²) in [6, 6.07) is 21.7. The lowest BCUT2D eigenvalue weighted by Crippen LogP contribution is -1.98. The number of hydrogen-bond acceptors (Lipinski definition) is 2. The van der Waals surface area contributed by atoms with Crippen LogP contribution in [0.25, 0.3) is 27.8 Å². The summed E-state index contributed by atoms with van der Waals surface area (Å²) in [7, 11) is 0. The van der Waals surface area contributed by atoms with Gasteiger partial charge in [0.2, 0.25) is 0 Å². The van der Waals surface area contributed by atoms with E-state index in [0.29, 0.717) is 5.69 Å². The fraction of sp³-hybridized carbons (Fsp3) is 0. The highest BCUT2D eigenvalue weighted by Crippen LogP contribution is 2.28. The molecule has 0 saturated carbocycles. The van der Waals surface area contributed by atoms with Crippen LogP contribution >= 0.6 is 0 Å². The second-order valence-electron chi connectivity index (χ2n) is 4.91. The number of fused-ring (bicyclic) bond motifs is 3. The van der Waals surface area contributed by atoms with Crippen LogP contribution in [0.1, 0.15) is 10.5 Å². The lowest BCUT2D eigenvalue weighted by Gasteiger charge is -2.09. The summed E-state index contributed by atoms with van der Waals surface area (Å²) in [6.45, 7) is 0. The minimum absolute atomic E-state index is 0.640. The van der Waals surface area contributed by atoms with E-state index in [1.54, 1.807) is 0 Å². The summed E-state index contributed by atoms with van der Waals surface area (Å²) in [6.07, 6.45) is 0.883. The van der Waals surface area contributed by atoms with Crippen LogP contribution in [0.5, 0.6) is 0 Å². The molecule has 0 saturated heterocycles. The van der Waals surface area contributed by atoms with Crippen molar-refractivity contribution < 1.29 is 4.79 Å². The first-order valence-corrected chi connectivity index (χ1v) is 6.79. The molecule has 21 heavy (non-hydrogen) atoms. The van der Waals surface area contributed by atoms with Crippen molar-refractivity contribution in [3.8, 4) is 11.3 Å². The largest absolute Gasteiger partial charge is 0.303 e. The minimum atomic E-state index is 0.640. The lowest BCUT2D eigenvalue weighted by molar-refractivity contribution is 0.111. The topological polar surface area (TPSA) is 34.4 Å². The van der Waals surface area contributed by atoms with Gasteiger partial charge in [-0.3, -0.25) is 4.79 Å². The lowest BCUT2D eigenvalue weighted by atomic mass is 10.1. The standard InChI is InChI=1S/C18H12N2O/c21-12-14-10-11-17-18(13-6-2-1-3-7-13)19-15-8-4-5-9-16(15)20(14)17/h1-12H. The van der Waals surface area contributed by atoms with E-state index in [4.69, 9.17) is 4.98 Å². The highest BCUT2D eigenvalue weighted by atomic mass is 16.1. The Morgan fingerprint density at radius 2 is 1.57 bits per heavy atom. The number of rotatable bonds is 2. The molecule has 4 rings (SSSR count). The first kappa shape index (κ1) is 11.9. The van der Waals surface area contributed by atoms with E-state index in [1.165, 1.54) is 0 Å². The summed E-state index contributed by atoms with van der Waals surface area (Å²) < 4.78 is 1.97. The second-order valence-corrected chi connectivity index (χ2v) is 4.91. The van der Waals surface area contributed by atoms with Crippen molar-refractivity contribution in [3.63, 3.8) is 0 Å². The van der Waals surface area contributed by atoms with Gasteiger partial charge < -0.3 is 4.40 Å². The molecule has 4 aromatic rings. The second kappa shape index (κ2) is 4.56. The van der Waals surface area contributed by atoms with Crippen molar-refractivity contribution in [2.24, 2.45) is 0 Å². The van der Waals surface area contributed by atoms with Crippen molar-refractivity contribution in [1.82, 2.24) is 9.38 Å². The van der Waals surface area contributed by atoms with Gasteiger partial charge in [0, 0.05) is 5.56 Å². The van der Waals surface area contributed by atoms with Gasteiger partial charge in [-0.2, -0.15) is 0 Å². The number of aromatic nitrogens is 2. The molecule has 0 fully saturated rings. The Morgan fingerprint density at radius 1 is 0.810 bits per heavy atom. The first-order chi connectivity index (χ1) is 10.4. The van der Waals surface area contributed by atoms with E-state index in [9.17, 15) is 4.79 Å². The fourth-order valence-electron chi connectivity index (χ4n) is 2.73. The Morgan fingerprint density at radius 3 is 2.38 bits per heavy atom. The number of benzene rings is 2. The molecule has 0 aliphatic heterocycles. The number of carbonyl (C=O) groups is 1. The summed E-state index contributed by atoms with van der Waals surface area (Å²) >= 11 is 0. The molecule has 2 heterocycles. The van der Waals surface area contributed by atoms with Gasteiger partial charge in [0.15, 0.2) is 6.29 Å². The molecule has 0 N–H and O–H groups in total. The van der Waals surface area contributed by atoms with Gasteiger partial charge in [-0.05, 0) is 24.3 Å². The number of nitrogens with zero attached hydrogens (tertiary/aromatic N) is 2. The number of carbonyl (C=O) groups excluding carboxylic acids is 1. The van der Waals surface area contributed by atoms with E-state index in [1.807, 2.05) is 71.1 Å². The summed E-state index contributed by atoms with van der Waals surface area (Å²) in [5.74, 6) is 0. The van der Waals surface area contributed by atoms with Crippen LogP contribution in [0.15, 0.2) is 66.7 Å². The Kier molecular flexibility index (Phi) is 2.57. The molecule has 0 aliphatic carbocycles. The molecule has 3 heteroatoms. The molecule has 0 spiro atoms. The molecule has 2 aromatic heterocycles. The van der Waals surface area contributed by atoms with Crippen LogP contribution in [-0.2, 0) is 0 Å². The maximum Gasteiger partial charge on any atom is 0.166 e. The molecule has 0 amide bonds. The molecule has 0 radical (unpaired) electrons. The monoisotopic (exact) mass is 272 g/mol. The number of hydrogen-bond donors (Lipinski definition) is 0. The molecule has 0 bridgehead atoms. The highest BCUT2D eigenvalue weighted by molar-refractivity contribution is 5.91. The Hall–Kier alpha value is -2.94. The van der Waals surface area contributed by atoms with E-state index in [-0.39, 0.29) is 0 Å². The van der Waals surface area contributed by atoms with Gasteiger partial charge >= 0.3 is 0 Å². The molecule has 2 aromatic carbocycles. The van der Waals surface area contributed by atoms with Gasteiger partial charge in [0.05, 0.1) is 27.9 Å². The average molecular weight is 272 g/mol. The van der Waals surface area contributed by atoms with Crippen molar-refractivity contribution in [1.29, 1.82) is 0 Å². The fourth-order valence-corrected chi connectivity index (χ4v) is 2.73. The predicted octanol–water partition coefficient (Wildman–Crippen LogP) is 3.97. The molecule has 0 unspecified atom stereocenters. The van der Waals surface area contributed by atoms with Crippen LogP contribution in [0.3, 0.4) is 0 Å². The molecule has 0 atom stereocenters. The summed E-state index contributed by atoms with van der Waals surface area (Å²) in [5, 5.41) is 0. The van der Waals surface area contributed by atoms with Crippen molar-refractivity contribution >= 4 is 22.8 Å². The average Bonchev–Trinajstić information content (AvgIpc) is 2.99. The van der Waals surface area contributed by atoms with Crippen LogP contribution in [0.4, 0.5) is 0 Å². The third-order valence-electron chi connectivity index (χ3n) is 3.68. The van der Waals surface area contributed by atoms with Gasteiger partial charge in [0.1, 0.15) is 0 Å². The quantitative estimate of drug-likeness (QED) is 0.517. The van der Waals surface area contributed by atoms with E-state index < -0.39 is 0 Å². The van der Waals surface area contributed by atoms with Gasteiger partial charge in [-0.25, -0.2) is 4.98 Å². The molecule has 100 valence electrons. The predicted molar refractivity (Wildman–Crippen MR) is 83.5 cm³/mol. The van der Waals surface area contributed by atoms with Crippen LogP contribution < -0.4 is 0 Å². The summed E-state index contributed by atoms with van der Waals surface area (Å²) in [4.78, 5) is 16.1. The third-order valence-corrected chi connectivity index (χ3v) is 3.68. The molecule has 0 aliphatic rings. The zero-order valence-electron chi connectivity index (χ0n) is 11.2. The zero-order chi connectivity index (χ0) is 14.2. The number of para-hydroxylation sites is 2. The molecule has 3 nitrogen and oxygen atoms in total. The minimum Gasteiger partial charge on any atom is -0.303 e. The van der Waals surface area contributed by atoms with Crippen LogP contribution in [0.2, 0.25) is 0 Å². The van der Waals surface area contributed by atoms with E-state index in [0.717, 1.165) is 34.1 Å². The SMILES string of the molecule is O=Cc1ccc2c(-c3ccccc3)nc3ccccc3n12. The smallest absolute Gasteiger partial charge is 0.166 e. The maximum absolute atomic E-state index is 11.3. The normalized spacial score (nSPS) is 11.0. The van der Waals surface area contributed by atoms with Crippen molar-refractivity contribution in [2.45, 2.75) is 0 Å². The van der Waals surface area contributed by atoms with Gasteiger partial charge in [0.25, 0.3) is 0 Å². The van der Waals surface area contributed by atoms with Gasteiger partial charge in [-0.1, -0.05) is 42.5 Å². The Bertz CT molecular complexity index is 955. The third kappa shape index (κ3) is 1.75. The Labute approximate surface area is 121 Å². The molecular weight excluding hydrogens is 260 g/mol.